The van der Waals surface area contributed by atoms with Crippen molar-refractivity contribution in [2.45, 2.75) is 25.3 Å². The molecule has 1 atom stereocenters. The van der Waals surface area contributed by atoms with Crippen LogP contribution in [0.2, 0.25) is 0 Å². The second-order valence-corrected chi connectivity index (χ2v) is 5.51. The summed E-state index contributed by atoms with van der Waals surface area (Å²) in [6, 6.07) is 8.49. The molecule has 0 aromatic heterocycles. The number of hydrogen-bond acceptors (Lipinski definition) is 4. The maximum absolute atomic E-state index is 5.82. The number of rotatable bonds is 4. The molecule has 2 heterocycles. The number of aliphatic imine (C=N–C) groups is 1. The molecule has 0 radical (unpaired) electrons. The molecule has 1 aromatic carbocycles. The Kier molecular flexibility index (Phi) is 4.21. The van der Waals surface area contributed by atoms with Crippen LogP contribution in [0.4, 0.5) is 0 Å². The van der Waals surface area contributed by atoms with E-state index in [2.05, 4.69) is 17.4 Å². The number of piperidine rings is 1. The lowest BCUT2D eigenvalue weighted by atomic mass is 9.98. The number of methoxy groups -OCH3 is 1. The predicted molar refractivity (Wildman–Crippen MR) is 79.5 cm³/mol. The summed E-state index contributed by atoms with van der Waals surface area (Å²) < 4.78 is 11.0. The van der Waals surface area contributed by atoms with E-state index in [1.165, 1.54) is 5.56 Å². The van der Waals surface area contributed by atoms with E-state index in [1.807, 2.05) is 12.1 Å². The standard InChI is InChI=1S/C16H22N2O2/c1-19-15-4-2-12(3-5-15)10-14-11-20-16(18-14)13-6-8-17-9-7-13/h2-5,13-14,17H,6-11H2,1H3. The largest absolute Gasteiger partial charge is 0.497 e. The van der Waals surface area contributed by atoms with Gasteiger partial charge >= 0.3 is 0 Å². The molecule has 4 nitrogen and oxygen atoms in total. The van der Waals surface area contributed by atoms with Crippen LogP contribution < -0.4 is 10.1 Å². The predicted octanol–water partition coefficient (Wildman–Crippen LogP) is 2.03. The lowest BCUT2D eigenvalue weighted by Crippen LogP contribution is -2.31. The van der Waals surface area contributed by atoms with E-state index >= 15 is 0 Å². The van der Waals surface area contributed by atoms with E-state index in [9.17, 15) is 0 Å². The van der Waals surface area contributed by atoms with Crippen molar-refractivity contribution >= 4 is 5.90 Å². The van der Waals surface area contributed by atoms with Crippen molar-refractivity contribution in [3.8, 4) is 5.75 Å². The molecular formula is C16H22N2O2. The van der Waals surface area contributed by atoms with Gasteiger partial charge in [-0.1, -0.05) is 12.1 Å². The number of nitrogens with zero attached hydrogens (tertiary/aromatic N) is 1. The summed E-state index contributed by atoms with van der Waals surface area (Å²) in [4.78, 5) is 4.78. The maximum atomic E-state index is 5.82. The van der Waals surface area contributed by atoms with Crippen LogP contribution in [0.1, 0.15) is 18.4 Å². The quantitative estimate of drug-likeness (QED) is 0.913. The van der Waals surface area contributed by atoms with Gasteiger partial charge in [-0.25, -0.2) is 4.99 Å². The molecule has 2 aliphatic heterocycles. The molecule has 0 aliphatic carbocycles. The minimum Gasteiger partial charge on any atom is -0.497 e. The van der Waals surface area contributed by atoms with Gasteiger partial charge in [0, 0.05) is 5.92 Å². The van der Waals surface area contributed by atoms with Crippen LogP contribution in [0, 0.1) is 5.92 Å². The highest BCUT2D eigenvalue weighted by molar-refractivity contribution is 5.80. The molecule has 1 fully saturated rings. The van der Waals surface area contributed by atoms with Gasteiger partial charge in [-0.3, -0.25) is 0 Å². The fraction of sp³-hybridized carbons (Fsp3) is 0.562. The van der Waals surface area contributed by atoms with E-state index < -0.39 is 0 Å². The molecular weight excluding hydrogens is 252 g/mol. The highest BCUT2D eigenvalue weighted by Gasteiger charge is 2.27. The zero-order chi connectivity index (χ0) is 13.8. The first-order valence-corrected chi connectivity index (χ1v) is 7.39. The van der Waals surface area contributed by atoms with Crippen LogP contribution in [0.15, 0.2) is 29.3 Å². The van der Waals surface area contributed by atoms with Crippen molar-refractivity contribution in [3.05, 3.63) is 29.8 Å². The Morgan fingerprint density at radius 3 is 2.70 bits per heavy atom. The van der Waals surface area contributed by atoms with Crippen molar-refractivity contribution in [1.82, 2.24) is 5.32 Å². The Bertz CT molecular complexity index is 464. The zero-order valence-corrected chi connectivity index (χ0v) is 12.0. The zero-order valence-electron chi connectivity index (χ0n) is 12.0. The van der Waals surface area contributed by atoms with Crippen LogP contribution in [0.25, 0.3) is 0 Å². The second kappa shape index (κ2) is 6.27. The van der Waals surface area contributed by atoms with Crippen molar-refractivity contribution in [3.63, 3.8) is 0 Å². The Balaban J connectivity index is 1.59. The summed E-state index contributed by atoms with van der Waals surface area (Å²) in [7, 11) is 1.69. The normalized spacial score (nSPS) is 23.2. The summed E-state index contributed by atoms with van der Waals surface area (Å²) >= 11 is 0. The summed E-state index contributed by atoms with van der Waals surface area (Å²) in [6.45, 7) is 2.89. The molecule has 108 valence electrons. The van der Waals surface area contributed by atoms with E-state index in [0.717, 1.165) is 50.6 Å². The third-order valence-electron chi connectivity index (χ3n) is 4.05. The molecule has 0 spiro atoms. The molecule has 4 heteroatoms. The molecule has 1 aromatic rings. The Labute approximate surface area is 120 Å². The summed E-state index contributed by atoms with van der Waals surface area (Å²) in [6.07, 6.45) is 3.24. The Hall–Kier alpha value is -1.55. The van der Waals surface area contributed by atoms with Crippen molar-refractivity contribution in [2.75, 3.05) is 26.8 Å². The Morgan fingerprint density at radius 1 is 1.25 bits per heavy atom. The average Bonchev–Trinajstić information content (AvgIpc) is 2.97. The molecule has 1 saturated heterocycles. The third-order valence-corrected chi connectivity index (χ3v) is 4.05. The first kappa shape index (κ1) is 13.4. The molecule has 20 heavy (non-hydrogen) atoms. The fourth-order valence-electron chi connectivity index (χ4n) is 2.87. The summed E-state index contributed by atoms with van der Waals surface area (Å²) in [5.41, 5.74) is 1.29. The molecule has 1 unspecified atom stereocenters. The minimum atomic E-state index is 0.272. The van der Waals surface area contributed by atoms with Crippen LogP contribution >= 0.6 is 0 Å². The lowest BCUT2D eigenvalue weighted by Gasteiger charge is -2.21. The van der Waals surface area contributed by atoms with Crippen molar-refractivity contribution in [1.29, 1.82) is 0 Å². The molecule has 1 N–H and O–H groups in total. The van der Waals surface area contributed by atoms with E-state index in [4.69, 9.17) is 14.5 Å². The second-order valence-electron chi connectivity index (χ2n) is 5.51. The molecule has 2 aliphatic rings. The smallest absolute Gasteiger partial charge is 0.186 e. The van der Waals surface area contributed by atoms with Crippen molar-refractivity contribution < 1.29 is 9.47 Å². The molecule has 0 amide bonds. The third kappa shape index (κ3) is 3.12. The first-order chi connectivity index (χ1) is 9.85. The van der Waals surface area contributed by atoms with Gasteiger partial charge in [-0.2, -0.15) is 0 Å². The van der Waals surface area contributed by atoms with Gasteiger partial charge in [0.25, 0.3) is 0 Å². The molecule has 0 bridgehead atoms. The van der Waals surface area contributed by atoms with E-state index in [0.29, 0.717) is 5.92 Å². The minimum absolute atomic E-state index is 0.272. The SMILES string of the molecule is COc1ccc(CC2COC(C3CCNCC3)=N2)cc1. The van der Waals surface area contributed by atoms with Gasteiger partial charge in [0.1, 0.15) is 12.4 Å². The Morgan fingerprint density at radius 2 is 2.00 bits per heavy atom. The van der Waals surface area contributed by atoms with Gasteiger partial charge in [0.2, 0.25) is 0 Å². The number of nitrogens with one attached hydrogen (secondary N) is 1. The monoisotopic (exact) mass is 274 g/mol. The fourth-order valence-corrected chi connectivity index (χ4v) is 2.87. The van der Waals surface area contributed by atoms with Gasteiger partial charge in [0.05, 0.1) is 13.2 Å². The molecule has 0 saturated carbocycles. The molecule has 3 rings (SSSR count). The van der Waals surface area contributed by atoms with Crippen LogP contribution in [-0.4, -0.2) is 38.7 Å². The average molecular weight is 274 g/mol. The number of benzene rings is 1. The number of hydrogen-bond donors (Lipinski definition) is 1. The first-order valence-electron chi connectivity index (χ1n) is 7.39. The van der Waals surface area contributed by atoms with Gasteiger partial charge in [-0.05, 0) is 50.0 Å². The van der Waals surface area contributed by atoms with Crippen LogP contribution in [-0.2, 0) is 11.2 Å². The highest BCUT2D eigenvalue weighted by atomic mass is 16.5. The topological polar surface area (TPSA) is 42.9 Å². The van der Waals surface area contributed by atoms with Crippen LogP contribution in [0.5, 0.6) is 5.75 Å². The number of ether oxygens (including phenoxy) is 2. The van der Waals surface area contributed by atoms with Crippen LogP contribution in [0.3, 0.4) is 0 Å². The maximum Gasteiger partial charge on any atom is 0.186 e. The van der Waals surface area contributed by atoms with E-state index in [-0.39, 0.29) is 6.04 Å². The van der Waals surface area contributed by atoms with Crippen molar-refractivity contribution in [2.24, 2.45) is 10.9 Å². The van der Waals surface area contributed by atoms with Gasteiger partial charge in [-0.15, -0.1) is 0 Å². The lowest BCUT2D eigenvalue weighted by molar-refractivity contribution is 0.284. The highest BCUT2D eigenvalue weighted by Crippen LogP contribution is 2.22. The van der Waals surface area contributed by atoms with E-state index in [1.54, 1.807) is 7.11 Å². The van der Waals surface area contributed by atoms with Gasteiger partial charge in [0.15, 0.2) is 5.90 Å². The van der Waals surface area contributed by atoms with Gasteiger partial charge < -0.3 is 14.8 Å². The summed E-state index contributed by atoms with van der Waals surface area (Å²) in [5.74, 6) is 2.41. The summed E-state index contributed by atoms with van der Waals surface area (Å²) in [5, 5.41) is 3.38.